The van der Waals surface area contributed by atoms with Crippen LogP contribution in [0.3, 0.4) is 0 Å². The van der Waals surface area contributed by atoms with Crippen LogP contribution in [0.2, 0.25) is 5.15 Å². The Morgan fingerprint density at radius 1 is 1.29 bits per heavy atom. The van der Waals surface area contributed by atoms with Gasteiger partial charge in [-0.05, 0) is 13.0 Å². The number of halogens is 1. The molecule has 2 rings (SSSR count). The number of hydrogen-bond acceptors (Lipinski definition) is 4. The molecule has 2 aromatic heterocycles. The lowest BCUT2D eigenvalue weighted by Crippen LogP contribution is -2.19. The molecule has 5 nitrogen and oxygen atoms in total. The molecule has 0 saturated carbocycles. The lowest BCUT2D eigenvalue weighted by Gasteiger charge is -2.19. The molecule has 0 atom stereocenters. The van der Waals surface area contributed by atoms with Crippen LogP contribution < -0.4 is 5.32 Å². The van der Waals surface area contributed by atoms with E-state index in [0.29, 0.717) is 5.15 Å². The summed E-state index contributed by atoms with van der Waals surface area (Å²) in [5.74, 6) is 1.56. The molecular formula is C15H22ClN5. The Labute approximate surface area is 130 Å². The van der Waals surface area contributed by atoms with E-state index in [0.717, 1.165) is 30.2 Å². The fourth-order valence-corrected chi connectivity index (χ4v) is 2.12. The van der Waals surface area contributed by atoms with Crippen LogP contribution in [0.15, 0.2) is 12.3 Å². The van der Waals surface area contributed by atoms with Crippen molar-refractivity contribution in [1.82, 2.24) is 19.7 Å². The Bertz CT molecular complexity index is 627. The molecule has 0 amide bonds. The molecule has 2 aromatic rings. The largest absolute Gasteiger partial charge is 0.369 e. The summed E-state index contributed by atoms with van der Waals surface area (Å²) in [6.07, 6.45) is 2.68. The van der Waals surface area contributed by atoms with E-state index in [1.807, 2.05) is 24.7 Å². The maximum atomic E-state index is 6.22. The minimum atomic E-state index is -0.129. The maximum Gasteiger partial charge on any atom is 0.137 e. The first-order valence-corrected chi connectivity index (χ1v) is 7.42. The van der Waals surface area contributed by atoms with Gasteiger partial charge in [0.1, 0.15) is 16.8 Å². The number of hydrogen-bond donors (Lipinski definition) is 1. The molecule has 0 aliphatic rings. The number of aryl methyl sites for hydroxylation is 1. The van der Waals surface area contributed by atoms with Crippen molar-refractivity contribution in [2.75, 3.05) is 11.9 Å². The van der Waals surface area contributed by atoms with Gasteiger partial charge >= 0.3 is 0 Å². The van der Waals surface area contributed by atoms with Crippen molar-refractivity contribution < 1.29 is 0 Å². The molecule has 114 valence electrons. The fraction of sp³-hybridized carbons (Fsp3) is 0.533. The van der Waals surface area contributed by atoms with Crippen LogP contribution in [0.4, 0.5) is 5.82 Å². The van der Waals surface area contributed by atoms with E-state index in [1.165, 1.54) is 5.69 Å². The summed E-state index contributed by atoms with van der Waals surface area (Å²) in [4.78, 5) is 8.99. The van der Waals surface area contributed by atoms with Gasteiger partial charge in [-0.15, -0.1) is 0 Å². The molecule has 0 saturated heterocycles. The van der Waals surface area contributed by atoms with Crippen molar-refractivity contribution in [2.24, 2.45) is 7.05 Å². The Morgan fingerprint density at radius 3 is 2.57 bits per heavy atom. The predicted octanol–water partition coefficient (Wildman–Crippen LogP) is 3.12. The van der Waals surface area contributed by atoms with Crippen molar-refractivity contribution >= 4 is 17.4 Å². The van der Waals surface area contributed by atoms with Gasteiger partial charge in [-0.1, -0.05) is 32.4 Å². The summed E-state index contributed by atoms with van der Waals surface area (Å²) in [5, 5.41) is 8.03. The van der Waals surface area contributed by atoms with Crippen molar-refractivity contribution in [3.05, 3.63) is 34.5 Å². The zero-order valence-corrected chi connectivity index (χ0v) is 14.0. The van der Waals surface area contributed by atoms with Crippen molar-refractivity contribution in [3.63, 3.8) is 0 Å². The van der Waals surface area contributed by atoms with Crippen molar-refractivity contribution in [1.29, 1.82) is 0 Å². The highest BCUT2D eigenvalue weighted by Crippen LogP contribution is 2.25. The molecule has 0 bridgehead atoms. The van der Waals surface area contributed by atoms with Crippen LogP contribution in [0.1, 0.15) is 37.9 Å². The third-order valence-electron chi connectivity index (χ3n) is 3.35. The van der Waals surface area contributed by atoms with Crippen LogP contribution in [-0.4, -0.2) is 26.3 Å². The third kappa shape index (κ3) is 3.73. The van der Waals surface area contributed by atoms with E-state index in [-0.39, 0.29) is 5.41 Å². The van der Waals surface area contributed by atoms with Gasteiger partial charge in [-0.2, -0.15) is 5.10 Å². The lowest BCUT2D eigenvalue weighted by atomic mass is 9.95. The molecule has 21 heavy (non-hydrogen) atoms. The molecule has 1 N–H and O–H groups in total. The quantitative estimate of drug-likeness (QED) is 0.882. The van der Waals surface area contributed by atoms with Gasteiger partial charge in [0.15, 0.2) is 0 Å². The molecule has 2 heterocycles. The third-order valence-corrected chi connectivity index (χ3v) is 3.72. The zero-order valence-electron chi connectivity index (χ0n) is 13.2. The van der Waals surface area contributed by atoms with Crippen LogP contribution >= 0.6 is 11.6 Å². The molecule has 0 aromatic carbocycles. The second kappa shape index (κ2) is 6.02. The lowest BCUT2D eigenvalue weighted by molar-refractivity contribution is 0.545. The van der Waals surface area contributed by atoms with E-state index in [1.54, 1.807) is 6.20 Å². The summed E-state index contributed by atoms with van der Waals surface area (Å²) in [6, 6.07) is 2.02. The van der Waals surface area contributed by atoms with Gasteiger partial charge in [0.2, 0.25) is 0 Å². The van der Waals surface area contributed by atoms with Gasteiger partial charge in [0.25, 0.3) is 0 Å². The smallest absolute Gasteiger partial charge is 0.137 e. The normalized spacial score (nSPS) is 11.7. The van der Waals surface area contributed by atoms with E-state index in [2.05, 4.69) is 41.2 Å². The van der Waals surface area contributed by atoms with E-state index in [9.17, 15) is 0 Å². The standard InChI is InChI=1S/C15H22ClN5/c1-10-12(16)19-14(15(2,3)4)20-13(10)17-8-6-11-7-9-18-21(11)5/h7,9H,6,8H2,1-5H3,(H,17,19,20). The topological polar surface area (TPSA) is 55.6 Å². The highest BCUT2D eigenvalue weighted by Gasteiger charge is 2.20. The fourth-order valence-electron chi connectivity index (χ4n) is 1.95. The number of nitrogens with one attached hydrogen (secondary N) is 1. The zero-order chi connectivity index (χ0) is 15.6. The molecule has 0 unspecified atom stereocenters. The summed E-state index contributed by atoms with van der Waals surface area (Å²) >= 11 is 6.22. The Hall–Kier alpha value is -1.62. The van der Waals surface area contributed by atoms with Gasteiger partial charge < -0.3 is 5.32 Å². The SMILES string of the molecule is Cc1c(Cl)nc(C(C)(C)C)nc1NCCc1ccnn1C. The molecular weight excluding hydrogens is 286 g/mol. The molecule has 0 aliphatic heterocycles. The van der Waals surface area contributed by atoms with Crippen LogP contribution in [-0.2, 0) is 18.9 Å². The second-order valence-corrected chi connectivity index (χ2v) is 6.54. The average Bonchev–Trinajstić information content (AvgIpc) is 2.79. The Morgan fingerprint density at radius 2 is 2.00 bits per heavy atom. The van der Waals surface area contributed by atoms with Gasteiger partial charge in [-0.25, -0.2) is 9.97 Å². The van der Waals surface area contributed by atoms with Crippen molar-refractivity contribution in [2.45, 2.75) is 39.5 Å². The van der Waals surface area contributed by atoms with Gasteiger partial charge in [0.05, 0.1) is 0 Å². The minimum Gasteiger partial charge on any atom is -0.369 e. The predicted molar refractivity (Wildman–Crippen MR) is 85.9 cm³/mol. The first kappa shape index (κ1) is 15.8. The average molecular weight is 308 g/mol. The minimum absolute atomic E-state index is 0.129. The summed E-state index contributed by atoms with van der Waals surface area (Å²) in [7, 11) is 1.94. The summed E-state index contributed by atoms with van der Waals surface area (Å²) in [5.41, 5.74) is 1.93. The number of anilines is 1. The van der Waals surface area contributed by atoms with Crippen LogP contribution in [0.5, 0.6) is 0 Å². The monoisotopic (exact) mass is 307 g/mol. The van der Waals surface area contributed by atoms with Gasteiger partial charge in [-0.3, -0.25) is 4.68 Å². The maximum absolute atomic E-state index is 6.22. The molecule has 0 aliphatic carbocycles. The van der Waals surface area contributed by atoms with E-state index in [4.69, 9.17) is 11.6 Å². The van der Waals surface area contributed by atoms with Crippen LogP contribution in [0.25, 0.3) is 0 Å². The molecule has 6 heteroatoms. The Balaban J connectivity index is 2.12. The van der Waals surface area contributed by atoms with Crippen molar-refractivity contribution in [3.8, 4) is 0 Å². The number of aromatic nitrogens is 4. The molecule has 0 radical (unpaired) electrons. The highest BCUT2D eigenvalue weighted by atomic mass is 35.5. The van der Waals surface area contributed by atoms with Crippen LogP contribution in [0, 0.1) is 6.92 Å². The second-order valence-electron chi connectivity index (χ2n) is 6.18. The number of rotatable bonds is 4. The number of nitrogens with zero attached hydrogens (tertiary/aromatic N) is 4. The van der Waals surface area contributed by atoms with E-state index < -0.39 is 0 Å². The Kier molecular flexibility index (Phi) is 4.52. The molecule has 0 spiro atoms. The molecule has 0 fully saturated rings. The summed E-state index contributed by atoms with van der Waals surface area (Å²) < 4.78 is 1.88. The summed E-state index contributed by atoms with van der Waals surface area (Å²) in [6.45, 7) is 8.94. The first-order chi connectivity index (χ1) is 9.79. The van der Waals surface area contributed by atoms with Gasteiger partial charge in [0, 0.05) is 42.9 Å². The van der Waals surface area contributed by atoms with E-state index >= 15 is 0 Å². The highest BCUT2D eigenvalue weighted by molar-refractivity contribution is 6.30. The first-order valence-electron chi connectivity index (χ1n) is 7.04.